The highest BCUT2D eigenvalue weighted by Crippen LogP contribution is 2.43. The predicted molar refractivity (Wildman–Crippen MR) is 101 cm³/mol. The number of benzene rings is 2. The molecular weight excluding hydrogens is 324 g/mol. The molecule has 26 heavy (non-hydrogen) atoms. The number of hydrogen-bond donors (Lipinski definition) is 1. The van der Waals surface area contributed by atoms with Gasteiger partial charge in [-0.25, -0.2) is 0 Å². The molecule has 2 aromatic carbocycles. The fourth-order valence-electron chi connectivity index (χ4n) is 3.98. The summed E-state index contributed by atoms with van der Waals surface area (Å²) in [4.78, 5) is 15.2. The lowest BCUT2D eigenvalue weighted by Gasteiger charge is -2.42. The number of carbonyl (C=O) groups is 1. The Labute approximate surface area is 153 Å². The fourth-order valence-corrected chi connectivity index (χ4v) is 3.98. The Kier molecular flexibility index (Phi) is 4.35. The van der Waals surface area contributed by atoms with Crippen molar-refractivity contribution in [1.29, 1.82) is 0 Å². The molecule has 0 radical (unpaired) electrons. The second-order valence-electron chi connectivity index (χ2n) is 6.78. The number of aromatic nitrogens is 1. The first-order valence-corrected chi connectivity index (χ1v) is 8.86. The van der Waals surface area contributed by atoms with Crippen LogP contribution in [0.3, 0.4) is 0 Å². The molecule has 2 atom stereocenters. The normalized spacial score (nSPS) is 19.5. The number of aryl methyl sites for hydroxylation is 1. The first-order chi connectivity index (χ1) is 12.7. The zero-order chi connectivity index (χ0) is 18.1. The minimum absolute atomic E-state index is 0.00850. The highest BCUT2D eigenvalue weighted by molar-refractivity contribution is 5.97. The Bertz CT molecular complexity index is 917. The number of nitrogens with zero attached hydrogens (tertiary/aromatic N) is 2. The van der Waals surface area contributed by atoms with E-state index in [1.165, 1.54) is 0 Å². The summed E-state index contributed by atoms with van der Waals surface area (Å²) in [5.41, 5.74) is 3.72. The Morgan fingerprint density at radius 2 is 1.69 bits per heavy atom. The van der Waals surface area contributed by atoms with E-state index in [4.69, 9.17) is 0 Å². The molecule has 1 amide bonds. The number of aliphatic hydroxyl groups excluding tert-OH is 1. The molecule has 0 fully saturated rings. The molecule has 2 heterocycles. The first-order valence-electron chi connectivity index (χ1n) is 8.86. The fraction of sp³-hybridized carbons (Fsp3) is 0.227. The smallest absolute Gasteiger partial charge is 0.255 e. The van der Waals surface area contributed by atoms with Gasteiger partial charge in [-0.05, 0) is 29.3 Å². The van der Waals surface area contributed by atoms with Gasteiger partial charge in [0, 0.05) is 37.0 Å². The van der Waals surface area contributed by atoms with E-state index in [-0.39, 0.29) is 24.5 Å². The molecule has 1 aliphatic rings. The average Bonchev–Trinajstić information content (AvgIpc) is 3.10. The molecule has 4 rings (SSSR count). The monoisotopic (exact) mass is 346 g/mol. The predicted octanol–water partition coefficient (Wildman–Crippen LogP) is 3.50. The first kappa shape index (κ1) is 16.6. The lowest BCUT2D eigenvalue weighted by Crippen LogP contribution is -2.43. The van der Waals surface area contributed by atoms with Crippen molar-refractivity contribution in [2.75, 3.05) is 6.61 Å². The van der Waals surface area contributed by atoms with Crippen LogP contribution in [0.1, 0.15) is 39.1 Å². The largest absolute Gasteiger partial charge is 0.396 e. The minimum Gasteiger partial charge on any atom is -0.396 e. The standard InChI is InChI=1S/C22H22N2O2/c1-23-13-7-12-20(23)21-19(15-25)17-10-5-6-11-18(17)22(26)24(21)14-16-8-3-2-4-9-16/h2-13,19,21,25H,14-15H2,1H3/t19-,21-/m1/s1. The van der Waals surface area contributed by atoms with Gasteiger partial charge in [-0.3, -0.25) is 4.79 Å². The van der Waals surface area contributed by atoms with Crippen molar-refractivity contribution >= 4 is 5.91 Å². The van der Waals surface area contributed by atoms with Crippen LogP contribution in [0.5, 0.6) is 0 Å². The van der Waals surface area contributed by atoms with E-state index >= 15 is 0 Å². The van der Waals surface area contributed by atoms with E-state index in [2.05, 4.69) is 0 Å². The molecule has 132 valence electrons. The second-order valence-corrected chi connectivity index (χ2v) is 6.78. The van der Waals surface area contributed by atoms with Gasteiger partial charge < -0.3 is 14.6 Å². The van der Waals surface area contributed by atoms with Crippen LogP contribution < -0.4 is 0 Å². The molecule has 0 saturated carbocycles. The van der Waals surface area contributed by atoms with E-state index in [1.54, 1.807) is 0 Å². The van der Waals surface area contributed by atoms with Crippen molar-refractivity contribution < 1.29 is 9.90 Å². The van der Waals surface area contributed by atoms with Gasteiger partial charge in [-0.2, -0.15) is 0 Å². The maximum Gasteiger partial charge on any atom is 0.255 e. The van der Waals surface area contributed by atoms with Crippen LogP contribution in [0.4, 0.5) is 0 Å². The van der Waals surface area contributed by atoms with E-state index in [0.29, 0.717) is 12.1 Å². The topological polar surface area (TPSA) is 45.5 Å². The van der Waals surface area contributed by atoms with Gasteiger partial charge in [0.25, 0.3) is 5.91 Å². The van der Waals surface area contributed by atoms with Crippen molar-refractivity contribution in [2.45, 2.75) is 18.5 Å². The summed E-state index contributed by atoms with van der Waals surface area (Å²) in [5.74, 6) is -0.137. The molecule has 0 saturated heterocycles. The van der Waals surface area contributed by atoms with E-state index in [0.717, 1.165) is 16.8 Å². The van der Waals surface area contributed by atoms with Gasteiger partial charge in [0.1, 0.15) is 0 Å². The van der Waals surface area contributed by atoms with Crippen LogP contribution in [-0.4, -0.2) is 27.1 Å². The van der Waals surface area contributed by atoms with Gasteiger partial charge in [0.15, 0.2) is 0 Å². The quantitative estimate of drug-likeness (QED) is 0.786. The SMILES string of the molecule is Cn1cccc1[C@H]1[C@H](CO)c2ccccc2C(=O)N1Cc1ccccc1. The highest BCUT2D eigenvalue weighted by atomic mass is 16.3. The molecule has 0 unspecified atom stereocenters. The Hall–Kier alpha value is -2.85. The summed E-state index contributed by atoms with van der Waals surface area (Å²) >= 11 is 0. The number of aliphatic hydroxyl groups is 1. The highest BCUT2D eigenvalue weighted by Gasteiger charge is 2.41. The van der Waals surface area contributed by atoms with Gasteiger partial charge in [0.2, 0.25) is 0 Å². The van der Waals surface area contributed by atoms with Crippen LogP contribution in [-0.2, 0) is 13.6 Å². The van der Waals surface area contributed by atoms with Crippen LogP contribution in [0.2, 0.25) is 0 Å². The summed E-state index contributed by atoms with van der Waals surface area (Å²) in [7, 11) is 1.98. The third-order valence-corrected chi connectivity index (χ3v) is 5.25. The molecule has 1 aromatic heterocycles. The Balaban J connectivity index is 1.85. The van der Waals surface area contributed by atoms with Crippen molar-refractivity contribution in [2.24, 2.45) is 7.05 Å². The average molecular weight is 346 g/mol. The van der Waals surface area contributed by atoms with Crippen molar-refractivity contribution in [1.82, 2.24) is 9.47 Å². The molecule has 4 heteroatoms. The summed E-state index contributed by atoms with van der Waals surface area (Å²) in [6.45, 7) is 0.506. The number of amides is 1. The van der Waals surface area contributed by atoms with Crippen LogP contribution in [0, 0.1) is 0 Å². The lowest BCUT2D eigenvalue weighted by atomic mass is 9.81. The molecule has 0 bridgehead atoms. The maximum atomic E-state index is 13.3. The zero-order valence-corrected chi connectivity index (χ0v) is 14.7. The maximum absolute atomic E-state index is 13.3. The third-order valence-electron chi connectivity index (χ3n) is 5.25. The van der Waals surface area contributed by atoms with Crippen LogP contribution in [0.25, 0.3) is 0 Å². The molecule has 0 spiro atoms. The number of rotatable bonds is 4. The molecule has 4 nitrogen and oxygen atoms in total. The Morgan fingerprint density at radius 1 is 0.962 bits per heavy atom. The Morgan fingerprint density at radius 3 is 2.38 bits per heavy atom. The minimum atomic E-state index is -0.206. The number of carbonyl (C=O) groups excluding carboxylic acids is 1. The zero-order valence-electron chi connectivity index (χ0n) is 14.7. The molecule has 0 aliphatic carbocycles. The molecule has 1 aliphatic heterocycles. The summed E-state index contributed by atoms with van der Waals surface area (Å²) in [6, 6.07) is 21.5. The molecular formula is C22H22N2O2. The van der Waals surface area contributed by atoms with Gasteiger partial charge in [0.05, 0.1) is 12.6 Å². The van der Waals surface area contributed by atoms with Crippen LogP contribution >= 0.6 is 0 Å². The van der Waals surface area contributed by atoms with E-state index in [1.807, 2.05) is 89.4 Å². The van der Waals surface area contributed by atoms with E-state index < -0.39 is 0 Å². The van der Waals surface area contributed by atoms with Gasteiger partial charge in [-0.1, -0.05) is 48.5 Å². The van der Waals surface area contributed by atoms with Gasteiger partial charge >= 0.3 is 0 Å². The summed E-state index contributed by atoms with van der Waals surface area (Å²) < 4.78 is 2.03. The third kappa shape index (κ3) is 2.72. The van der Waals surface area contributed by atoms with Gasteiger partial charge in [-0.15, -0.1) is 0 Å². The van der Waals surface area contributed by atoms with Crippen LogP contribution in [0.15, 0.2) is 72.9 Å². The van der Waals surface area contributed by atoms with Crippen molar-refractivity contribution in [3.8, 4) is 0 Å². The second kappa shape index (κ2) is 6.81. The molecule has 3 aromatic rings. The van der Waals surface area contributed by atoms with Crippen molar-refractivity contribution in [3.63, 3.8) is 0 Å². The number of fused-ring (bicyclic) bond motifs is 1. The molecule has 1 N–H and O–H groups in total. The lowest BCUT2D eigenvalue weighted by molar-refractivity contribution is 0.0529. The number of hydrogen-bond acceptors (Lipinski definition) is 2. The summed E-state index contributed by atoms with van der Waals surface area (Å²) in [6.07, 6.45) is 1.98. The summed E-state index contributed by atoms with van der Waals surface area (Å²) in [5, 5.41) is 10.2. The van der Waals surface area contributed by atoms with E-state index in [9.17, 15) is 9.90 Å². The van der Waals surface area contributed by atoms with Crippen molar-refractivity contribution in [3.05, 3.63) is 95.3 Å².